The average molecular weight is 560 g/mol. The van der Waals surface area contributed by atoms with E-state index in [9.17, 15) is 14.4 Å². The van der Waals surface area contributed by atoms with Crippen molar-refractivity contribution in [1.82, 2.24) is 14.5 Å². The fourth-order valence-corrected chi connectivity index (χ4v) is 5.03. The van der Waals surface area contributed by atoms with Crippen LogP contribution in [0.5, 0.6) is 5.88 Å². The molecule has 41 heavy (non-hydrogen) atoms. The summed E-state index contributed by atoms with van der Waals surface area (Å²) in [4.78, 5) is 48.0. The van der Waals surface area contributed by atoms with E-state index in [-0.39, 0.29) is 29.5 Å². The molecular formula is C30H30FN5O5. The predicted molar refractivity (Wildman–Crippen MR) is 152 cm³/mol. The molecule has 0 bridgehead atoms. The van der Waals surface area contributed by atoms with E-state index in [1.165, 1.54) is 25.4 Å². The first kappa shape index (κ1) is 27.8. The molecule has 11 heteroatoms. The van der Waals surface area contributed by atoms with Gasteiger partial charge in [-0.2, -0.15) is 0 Å². The third kappa shape index (κ3) is 5.74. The molecule has 0 aliphatic carbocycles. The van der Waals surface area contributed by atoms with E-state index >= 15 is 4.39 Å². The maximum atomic E-state index is 15.7. The Morgan fingerprint density at radius 1 is 1.20 bits per heavy atom. The Bertz CT molecular complexity index is 1670. The molecule has 0 spiro atoms. The number of esters is 1. The molecule has 1 aliphatic rings. The molecule has 1 unspecified atom stereocenters. The molecule has 1 amide bonds. The fraction of sp³-hybridized carbons (Fsp3) is 0.300. The van der Waals surface area contributed by atoms with Crippen LogP contribution in [0, 0.1) is 12.7 Å². The number of nitrogens with zero attached hydrogens (tertiary/aromatic N) is 4. The molecule has 212 valence electrons. The lowest BCUT2D eigenvalue weighted by molar-refractivity contribution is -0.114. The number of benzene rings is 1. The SMILES string of the molecule is CCOC(=O)c1cn(-c2ccc(NC(C)=O)nc2)c2cc(N3CCCC3COc3ncccc3C)c(F)cc2c1=O. The van der Waals surface area contributed by atoms with E-state index in [0.717, 1.165) is 18.4 Å². The van der Waals surface area contributed by atoms with Gasteiger partial charge in [-0.25, -0.2) is 19.2 Å². The zero-order valence-corrected chi connectivity index (χ0v) is 23.0. The summed E-state index contributed by atoms with van der Waals surface area (Å²) in [6.07, 6.45) is 6.18. The summed E-state index contributed by atoms with van der Waals surface area (Å²) in [6, 6.07) is 9.71. The Kier molecular flexibility index (Phi) is 7.95. The largest absolute Gasteiger partial charge is 0.475 e. The van der Waals surface area contributed by atoms with Crippen LogP contribution in [0.15, 0.2) is 59.8 Å². The topological polar surface area (TPSA) is 116 Å². The standard InChI is InChI=1S/C30H30FN5O5/c1-4-40-30(39)23-16-36(20-9-10-27(33-15-20)34-19(3)37)25-14-26(24(31)13-22(25)28(23)38)35-12-6-8-21(35)17-41-29-18(2)7-5-11-32-29/h5,7,9-11,13-16,21H,4,6,8,12,17H2,1-3H3,(H,33,34,37). The normalized spacial score (nSPS) is 14.7. The van der Waals surface area contributed by atoms with Crippen LogP contribution in [-0.2, 0) is 9.53 Å². The molecule has 5 rings (SSSR count). The van der Waals surface area contributed by atoms with Crippen molar-refractivity contribution in [3.8, 4) is 11.6 Å². The highest BCUT2D eigenvalue weighted by Crippen LogP contribution is 2.32. The second-order valence-corrected chi connectivity index (χ2v) is 9.79. The smallest absolute Gasteiger partial charge is 0.343 e. The second-order valence-electron chi connectivity index (χ2n) is 9.79. The van der Waals surface area contributed by atoms with E-state index < -0.39 is 17.2 Å². The summed E-state index contributed by atoms with van der Waals surface area (Å²) in [5.74, 6) is -0.781. The first-order chi connectivity index (χ1) is 19.8. The summed E-state index contributed by atoms with van der Waals surface area (Å²) in [7, 11) is 0. The zero-order valence-electron chi connectivity index (χ0n) is 23.0. The van der Waals surface area contributed by atoms with Crippen LogP contribution in [0.1, 0.15) is 42.6 Å². The van der Waals surface area contributed by atoms with Crippen molar-refractivity contribution in [1.29, 1.82) is 0 Å². The van der Waals surface area contributed by atoms with Gasteiger partial charge in [-0.15, -0.1) is 0 Å². The van der Waals surface area contributed by atoms with E-state index in [1.807, 2.05) is 24.0 Å². The number of nitrogens with one attached hydrogen (secondary N) is 1. The van der Waals surface area contributed by atoms with Crippen molar-refractivity contribution >= 4 is 34.3 Å². The number of aromatic nitrogens is 3. The van der Waals surface area contributed by atoms with Crippen LogP contribution in [0.4, 0.5) is 15.9 Å². The molecule has 0 radical (unpaired) electrons. The number of anilines is 2. The molecule has 3 aromatic heterocycles. The lowest BCUT2D eigenvalue weighted by Gasteiger charge is -2.28. The van der Waals surface area contributed by atoms with E-state index in [0.29, 0.717) is 41.7 Å². The van der Waals surface area contributed by atoms with Gasteiger partial charge in [0.1, 0.15) is 23.8 Å². The van der Waals surface area contributed by atoms with Gasteiger partial charge in [0.25, 0.3) is 0 Å². The number of carbonyl (C=O) groups excluding carboxylic acids is 2. The molecule has 0 saturated carbocycles. The Morgan fingerprint density at radius 2 is 2.02 bits per heavy atom. The number of fused-ring (bicyclic) bond motifs is 1. The number of hydrogen-bond acceptors (Lipinski definition) is 8. The summed E-state index contributed by atoms with van der Waals surface area (Å²) in [5, 5.41) is 2.63. The molecule has 1 aromatic carbocycles. The Balaban J connectivity index is 1.59. The van der Waals surface area contributed by atoms with Crippen LogP contribution in [0.25, 0.3) is 16.6 Å². The highest BCUT2D eigenvalue weighted by Gasteiger charge is 2.29. The number of pyridine rings is 3. The third-order valence-corrected chi connectivity index (χ3v) is 6.96. The van der Waals surface area contributed by atoms with Gasteiger partial charge in [0.2, 0.25) is 17.2 Å². The summed E-state index contributed by atoms with van der Waals surface area (Å²) in [6.45, 7) is 5.93. The van der Waals surface area contributed by atoms with Gasteiger partial charge in [0, 0.05) is 36.8 Å². The number of aryl methyl sites for hydroxylation is 1. The minimum absolute atomic E-state index is 0.0267. The maximum absolute atomic E-state index is 15.7. The Hall–Kier alpha value is -4.80. The van der Waals surface area contributed by atoms with Crippen molar-refractivity contribution in [2.45, 2.75) is 39.7 Å². The van der Waals surface area contributed by atoms with Gasteiger partial charge >= 0.3 is 5.97 Å². The molecule has 1 atom stereocenters. The summed E-state index contributed by atoms with van der Waals surface area (Å²) < 4.78 is 28.4. The van der Waals surface area contributed by atoms with Crippen molar-refractivity contribution < 1.29 is 23.5 Å². The van der Waals surface area contributed by atoms with Crippen LogP contribution >= 0.6 is 0 Å². The van der Waals surface area contributed by atoms with Crippen LogP contribution in [0.3, 0.4) is 0 Å². The monoisotopic (exact) mass is 559 g/mol. The van der Waals surface area contributed by atoms with Gasteiger partial charge in [0.05, 0.1) is 35.7 Å². The average Bonchev–Trinajstić information content (AvgIpc) is 3.41. The molecule has 4 heterocycles. The van der Waals surface area contributed by atoms with E-state index in [1.54, 1.807) is 35.9 Å². The molecule has 10 nitrogen and oxygen atoms in total. The first-order valence-electron chi connectivity index (χ1n) is 13.4. The highest BCUT2D eigenvalue weighted by molar-refractivity contribution is 5.95. The molecule has 1 N–H and O–H groups in total. The number of amides is 1. The van der Waals surface area contributed by atoms with Crippen LogP contribution in [0.2, 0.25) is 0 Å². The van der Waals surface area contributed by atoms with Gasteiger partial charge in [0.15, 0.2) is 0 Å². The zero-order chi connectivity index (χ0) is 29.1. The van der Waals surface area contributed by atoms with Crippen LogP contribution in [-0.4, -0.2) is 52.2 Å². The molecule has 1 saturated heterocycles. The summed E-state index contributed by atoms with van der Waals surface area (Å²) in [5.41, 5.74) is 1.26. The fourth-order valence-electron chi connectivity index (χ4n) is 5.03. The number of ether oxygens (including phenoxy) is 2. The number of halogens is 1. The van der Waals surface area contributed by atoms with Crippen molar-refractivity contribution in [3.63, 3.8) is 0 Å². The van der Waals surface area contributed by atoms with E-state index in [2.05, 4.69) is 15.3 Å². The number of carbonyl (C=O) groups is 2. The third-order valence-electron chi connectivity index (χ3n) is 6.96. The minimum Gasteiger partial charge on any atom is -0.475 e. The second kappa shape index (κ2) is 11.7. The molecular weight excluding hydrogens is 529 g/mol. The first-order valence-corrected chi connectivity index (χ1v) is 13.4. The van der Waals surface area contributed by atoms with Crippen molar-refractivity contribution in [2.24, 2.45) is 0 Å². The Labute approximate surface area is 235 Å². The van der Waals surface area contributed by atoms with Crippen molar-refractivity contribution in [2.75, 3.05) is 30.0 Å². The molecule has 1 fully saturated rings. The van der Waals surface area contributed by atoms with E-state index in [4.69, 9.17) is 9.47 Å². The molecule has 1 aliphatic heterocycles. The predicted octanol–water partition coefficient (Wildman–Crippen LogP) is 4.41. The number of hydrogen-bond donors (Lipinski definition) is 1. The van der Waals surface area contributed by atoms with Gasteiger partial charge < -0.3 is 24.3 Å². The van der Waals surface area contributed by atoms with Gasteiger partial charge in [-0.3, -0.25) is 9.59 Å². The lowest BCUT2D eigenvalue weighted by atomic mass is 10.1. The van der Waals surface area contributed by atoms with Gasteiger partial charge in [-0.1, -0.05) is 6.07 Å². The summed E-state index contributed by atoms with van der Waals surface area (Å²) >= 11 is 0. The maximum Gasteiger partial charge on any atom is 0.343 e. The highest BCUT2D eigenvalue weighted by atomic mass is 19.1. The lowest BCUT2D eigenvalue weighted by Crippen LogP contribution is -2.35. The van der Waals surface area contributed by atoms with Gasteiger partial charge in [-0.05, 0) is 57.0 Å². The number of rotatable bonds is 8. The van der Waals surface area contributed by atoms with Crippen LogP contribution < -0.4 is 20.4 Å². The minimum atomic E-state index is -0.804. The Morgan fingerprint density at radius 3 is 2.73 bits per heavy atom. The quantitative estimate of drug-likeness (QED) is 0.316. The molecule has 4 aromatic rings. The van der Waals surface area contributed by atoms with Crippen molar-refractivity contribution in [3.05, 3.63) is 82.2 Å².